The van der Waals surface area contributed by atoms with Crippen LogP contribution in [0.3, 0.4) is 0 Å². The van der Waals surface area contributed by atoms with E-state index in [4.69, 9.17) is 9.47 Å². The number of likely N-dealkylation sites (N-methyl/N-ethyl adjacent to an activating group) is 1. The number of unbranched alkanes of at least 4 members (excludes halogenated alkanes) is 5. The summed E-state index contributed by atoms with van der Waals surface area (Å²) in [5, 5.41) is 0. The molecule has 0 amide bonds. The van der Waals surface area contributed by atoms with Gasteiger partial charge in [0.2, 0.25) is 0 Å². The molecule has 1 atom stereocenters. The zero-order chi connectivity index (χ0) is 14.5. The number of nitrogens with zero attached hydrogens (tertiary/aromatic N) is 1. The lowest BCUT2D eigenvalue weighted by Crippen LogP contribution is -2.26. The Labute approximate surface area is 120 Å². The van der Waals surface area contributed by atoms with Gasteiger partial charge in [-0.05, 0) is 26.6 Å². The molecule has 0 spiro atoms. The molecular formula is C16H33NO2. The second kappa shape index (κ2) is 12.6. The topological polar surface area (TPSA) is 21.7 Å². The van der Waals surface area contributed by atoms with E-state index < -0.39 is 0 Å². The SMILES string of the molecule is CCCCCCCCC(C=CC(OC)OC)N(C)C. The Balaban J connectivity index is 3.92. The molecule has 0 N–H and O–H groups in total. The fraction of sp³-hybridized carbons (Fsp3) is 0.875. The first-order valence-electron chi connectivity index (χ1n) is 7.56. The van der Waals surface area contributed by atoms with Crippen molar-refractivity contribution in [1.82, 2.24) is 4.90 Å². The van der Waals surface area contributed by atoms with E-state index in [0.717, 1.165) is 0 Å². The summed E-state index contributed by atoms with van der Waals surface area (Å²) in [6.07, 6.45) is 13.3. The zero-order valence-electron chi connectivity index (χ0n) is 13.5. The van der Waals surface area contributed by atoms with Gasteiger partial charge in [0.1, 0.15) is 0 Å². The number of rotatable bonds is 12. The number of hydrogen-bond donors (Lipinski definition) is 0. The first-order chi connectivity index (χ1) is 9.15. The Bertz CT molecular complexity index is 213. The van der Waals surface area contributed by atoms with Gasteiger partial charge in [-0.15, -0.1) is 0 Å². The molecule has 0 heterocycles. The minimum Gasteiger partial charge on any atom is -0.352 e. The lowest BCUT2D eigenvalue weighted by Gasteiger charge is -2.21. The highest BCUT2D eigenvalue weighted by Gasteiger charge is 2.08. The van der Waals surface area contributed by atoms with Crippen LogP contribution >= 0.6 is 0 Å². The Morgan fingerprint density at radius 1 is 0.895 bits per heavy atom. The predicted molar refractivity (Wildman–Crippen MR) is 82.4 cm³/mol. The van der Waals surface area contributed by atoms with Gasteiger partial charge >= 0.3 is 0 Å². The van der Waals surface area contributed by atoms with Crippen LogP contribution < -0.4 is 0 Å². The van der Waals surface area contributed by atoms with E-state index in [2.05, 4.69) is 32.0 Å². The normalized spacial score (nSPS) is 13.8. The fourth-order valence-electron chi connectivity index (χ4n) is 2.13. The largest absolute Gasteiger partial charge is 0.352 e. The summed E-state index contributed by atoms with van der Waals surface area (Å²) in [6.45, 7) is 2.26. The quantitative estimate of drug-likeness (QED) is 0.306. The Morgan fingerprint density at radius 2 is 1.47 bits per heavy atom. The third kappa shape index (κ3) is 10.1. The van der Waals surface area contributed by atoms with Crippen molar-refractivity contribution in [2.75, 3.05) is 28.3 Å². The number of ether oxygens (including phenoxy) is 2. The van der Waals surface area contributed by atoms with Crippen molar-refractivity contribution < 1.29 is 9.47 Å². The minimum atomic E-state index is -0.230. The smallest absolute Gasteiger partial charge is 0.176 e. The molecule has 0 aliphatic carbocycles. The van der Waals surface area contributed by atoms with Crippen LogP contribution in [0.25, 0.3) is 0 Å². The van der Waals surface area contributed by atoms with Crippen LogP contribution in [-0.2, 0) is 9.47 Å². The molecule has 0 aromatic rings. The number of methoxy groups -OCH3 is 2. The molecule has 114 valence electrons. The van der Waals surface area contributed by atoms with Crippen LogP contribution in [0.1, 0.15) is 51.9 Å². The second-order valence-corrected chi connectivity index (χ2v) is 5.31. The molecule has 0 saturated heterocycles. The minimum absolute atomic E-state index is 0.230. The summed E-state index contributed by atoms with van der Waals surface area (Å²) >= 11 is 0. The van der Waals surface area contributed by atoms with Crippen molar-refractivity contribution in [2.24, 2.45) is 0 Å². The maximum atomic E-state index is 5.17. The number of hydrogen-bond acceptors (Lipinski definition) is 3. The lowest BCUT2D eigenvalue weighted by atomic mass is 10.0. The molecule has 3 nitrogen and oxygen atoms in total. The van der Waals surface area contributed by atoms with Crippen molar-refractivity contribution in [3.05, 3.63) is 12.2 Å². The maximum Gasteiger partial charge on any atom is 0.176 e. The fourth-order valence-corrected chi connectivity index (χ4v) is 2.13. The van der Waals surface area contributed by atoms with Gasteiger partial charge in [0.05, 0.1) is 0 Å². The molecule has 0 saturated carbocycles. The van der Waals surface area contributed by atoms with Crippen LogP contribution in [0.4, 0.5) is 0 Å². The highest BCUT2D eigenvalue weighted by Crippen LogP contribution is 2.12. The zero-order valence-corrected chi connectivity index (χ0v) is 13.5. The molecular weight excluding hydrogens is 238 g/mol. The van der Waals surface area contributed by atoms with Gasteiger partial charge in [0.15, 0.2) is 6.29 Å². The van der Waals surface area contributed by atoms with Gasteiger partial charge in [-0.3, -0.25) is 0 Å². The van der Waals surface area contributed by atoms with Gasteiger partial charge in [-0.2, -0.15) is 0 Å². The molecule has 0 fully saturated rings. The molecule has 0 radical (unpaired) electrons. The Morgan fingerprint density at radius 3 is 2.00 bits per heavy atom. The first-order valence-corrected chi connectivity index (χ1v) is 7.56. The standard InChI is InChI=1S/C16H33NO2/c1-6-7-8-9-10-11-12-15(17(2)3)13-14-16(18-4)19-5/h13-16H,6-12H2,1-5H3. The van der Waals surface area contributed by atoms with Gasteiger partial charge in [-0.25, -0.2) is 0 Å². The summed E-state index contributed by atoms with van der Waals surface area (Å²) in [5.41, 5.74) is 0. The second-order valence-electron chi connectivity index (χ2n) is 5.31. The van der Waals surface area contributed by atoms with Crippen LogP contribution in [0.15, 0.2) is 12.2 Å². The van der Waals surface area contributed by atoms with Gasteiger partial charge in [-0.1, -0.05) is 51.5 Å². The van der Waals surface area contributed by atoms with Crippen LogP contribution in [0.5, 0.6) is 0 Å². The first kappa shape index (κ1) is 18.6. The van der Waals surface area contributed by atoms with Crippen molar-refractivity contribution >= 4 is 0 Å². The summed E-state index contributed by atoms with van der Waals surface area (Å²) in [7, 11) is 7.58. The van der Waals surface area contributed by atoms with Gasteiger partial charge in [0, 0.05) is 20.3 Å². The monoisotopic (exact) mass is 271 g/mol. The molecule has 0 rings (SSSR count). The van der Waals surface area contributed by atoms with Crippen molar-refractivity contribution in [3.63, 3.8) is 0 Å². The van der Waals surface area contributed by atoms with Crippen LogP contribution in [-0.4, -0.2) is 45.5 Å². The molecule has 3 heteroatoms. The lowest BCUT2D eigenvalue weighted by molar-refractivity contribution is -0.0669. The van der Waals surface area contributed by atoms with Crippen LogP contribution in [0, 0.1) is 0 Å². The third-order valence-corrected chi connectivity index (χ3v) is 3.47. The average molecular weight is 271 g/mol. The highest BCUT2D eigenvalue weighted by molar-refractivity contribution is 4.95. The summed E-state index contributed by atoms with van der Waals surface area (Å²) in [6, 6.07) is 0.471. The van der Waals surface area contributed by atoms with E-state index in [0.29, 0.717) is 6.04 Å². The molecule has 0 aliphatic heterocycles. The summed E-state index contributed by atoms with van der Waals surface area (Å²) in [5.74, 6) is 0. The van der Waals surface area contributed by atoms with E-state index in [-0.39, 0.29) is 6.29 Å². The van der Waals surface area contributed by atoms with Crippen LogP contribution in [0.2, 0.25) is 0 Å². The maximum absolute atomic E-state index is 5.17. The van der Waals surface area contributed by atoms with Crippen molar-refractivity contribution in [2.45, 2.75) is 64.2 Å². The van der Waals surface area contributed by atoms with E-state index in [1.807, 2.05) is 6.08 Å². The van der Waals surface area contributed by atoms with E-state index in [9.17, 15) is 0 Å². The molecule has 0 bridgehead atoms. The van der Waals surface area contributed by atoms with Gasteiger partial charge in [0.25, 0.3) is 0 Å². The molecule has 1 unspecified atom stereocenters. The van der Waals surface area contributed by atoms with E-state index in [1.165, 1.54) is 44.9 Å². The molecule has 0 aliphatic rings. The highest BCUT2D eigenvalue weighted by atomic mass is 16.7. The van der Waals surface area contributed by atoms with E-state index >= 15 is 0 Å². The Hall–Kier alpha value is -0.380. The predicted octanol–water partition coefficient (Wildman–Crippen LogP) is 3.84. The molecule has 19 heavy (non-hydrogen) atoms. The van der Waals surface area contributed by atoms with Crippen molar-refractivity contribution in [3.8, 4) is 0 Å². The van der Waals surface area contributed by atoms with Crippen molar-refractivity contribution in [1.29, 1.82) is 0 Å². The molecule has 0 aromatic carbocycles. The summed E-state index contributed by atoms with van der Waals surface area (Å²) in [4.78, 5) is 2.25. The molecule has 0 aromatic heterocycles. The summed E-state index contributed by atoms with van der Waals surface area (Å²) < 4.78 is 10.3. The average Bonchev–Trinajstić information content (AvgIpc) is 2.40. The van der Waals surface area contributed by atoms with Gasteiger partial charge < -0.3 is 14.4 Å². The Kier molecular flexibility index (Phi) is 12.4. The van der Waals surface area contributed by atoms with E-state index in [1.54, 1.807) is 14.2 Å². The third-order valence-electron chi connectivity index (χ3n) is 3.47.